The van der Waals surface area contributed by atoms with Gasteiger partial charge >= 0.3 is 11.7 Å². The Morgan fingerprint density at radius 3 is 2.23 bits per heavy atom. The fraction of sp³-hybridized carbons (Fsp3) is 0.464. The lowest BCUT2D eigenvalue weighted by atomic mass is 10.1. The summed E-state index contributed by atoms with van der Waals surface area (Å²) in [6, 6.07) is 15.8. The summed E-state index contributed by atoms with van der Waals surface area (Å²) >= 11 is 0. The van der Waals surface area contributed by atoms with Crippen molar-refractivity contribution in [2.24, 2.45) is 0 Å². The van der Waals surface area contributed by atoms with Crippen LogP contribution in [0.2, 0.25) is 0 Å². The maximum absolute atomic E-state index is 12.9. The minimum absolute atomic E-state index is 0.0317. The molecule has 0 amide bonds. The average Bonchev–Trinajstić information content (AvgIpc) is 3.10. The molecule has 0 bridgehead atoms. The van der Waals surface area contributed by atoms with Crippen molar-refractivity contribution in [3.63, 3.8) is 0 Å². The van der Waals surface area contributed by atoms with E-state index in [4.69, 9.17) is 4.74 Å². The summed E-state index contributed by atoms with van der Waals surface area (Å²) in [5, 5.41) is 13.9. The summed E-state index contributed by atoms with van der Waals surface area (Å²) in [4.78, 5) is 24.1. The molecular weight excluding hydrogens is 442 g/mol. The van der Waals surface area contributed by atoms with Gasteiger partial charge in [-0.15, -0.1) is 0 Å². The molecule has 1 N–H and O–H groups in total. The molecule has 0 radical (unpaired) electrons. The van der Waals surface area contributed by atoms with Gasteiger partial charge in [-0.2, -0.15) is 5.10 Å². The van der Waals surface area contributed by atoms with E-state index in [0.29, 0.717) is 18.8 Å². The highest BCUT2D eigenvalue weighted by Crippen LogP contribution is 2.20. The van der Waals surface area contributed by atoms with Crippen LogP contribution in [0.15, 0.2) is 53.3 Å². The van der Waals surface area contributed by atoms with Gasteiger partial charge in [0.1, 0.15) is 11.6 Å². The Bertz CT molecular complexity index is 1160. The number of aliphatic carboxylic acids is 1. The first kappa shape index (κ1) is 26.3. The van der Waals surface area contributed by atoms with E-state index < -0.39 is 11.6 Å². The Balaban J connectivity index is 1.51. The summed E-state index contributed by atoms with van der Waals surface area (Å²) in [5.41, 5.74) is 2.18. The topological polar surface area (TPSA) is 86.3 Å². The van der Waals surface area contributed by atoms with Crippen LogP contribution in [0, 0.1) is 6.92 Å². The Kier molecular flexibility index (Phi) is 8.90. The average molecular weight is 480 g/mol. The Hall–Kier alpha value is -3.35. The van der Waals surface area contributed by atoms with Crippen LogP contribution < -0.4 is 10.4 Å². The first-order chi connectivity index (χ1) is 16.7. The third-order valence-electron chi connectivity index (χ3n) is 6.08. The highest BCUT2D eigenvalue weighted by molar-refractivity contribution is 5.76. The standard InChI is InChI=1S/C28H37N3O4/c1-5-19-30-25(29-31(27(30)34)20-23-13-11-21(2)12-14-23)10-8-6-7-9-22-15-17-24(18-16-22)35-28(3,4)26(32)33/h11-18H,5-10,19-20H2,1-4H3,(H,32,33). The van der Waals surface area contributed by atoms with Gasteiger partial charge < -0.3 is 9.84 Å². The molecule has 7 heteroatoms. The summed E-state index contributed by atoms with van der Waals surface area (Å²) in [7, 11) is 0. The molecule has 1 aromatic heterocycles. The molecule has 7 nitrogen and oxygen atoms in total. The van der Waals surface area contributed by atoms with Crippen LogP contribution in [0.1, 0.15) is 69.0 Å². The number of hydrogen-bond donors (Lipinski definition) is 1. The number of nitrogens with zero attached hydrogens (tertiary/aromatic N) is 3. The van der Waals surface area contributed by atoms with Crippen LogP contribution >= 0.6 is 0 Å². The third-order valence-corrected chi connectivity index (χ3v) is 6.08. The Labute approximate surface area is 207 Å². The lowest BCUT2D eigenvalue weighted by molar-refractivity contribution is -0.152. The SMILES string of the molecule is CCCn1c(CCCCCc2ccc(OC(C)(C)C(=O)O)cc2)nn(Cc2ccc(C)cc2)c1=O. The summed E-state index contributed by atoms with van der Waals surface area (Å²) in [6.45, 7) is 8.38. The largest absolute Gasteiger partial charge is 0.478 e. The van der Waals surface area contributed by atoms with Gasteiger partial charge in [-0.25, -0.2) is 14.3 Å². The molecule has 0 atom stereocenters. The van der Waals surface area contributed by atoms with E-state index in [-0.39, 0.29) is 5.69 Å². The fourth-order valence-electron chi connectivity index (χ4n) is 3.94. The Morgan fingerprint density at radius 1 is 0.971 bits per heavy atom. The number of carbonyl (C=O) groups is 1. The predicted molar refractivity (Wildman–Crippen MR) is 137 cm³/mol. The minimum Gasteiger partial charge on any atom is -0.478 e. The minimum atomic E-state index is -1.26. The molecule has 3 rings (SSSR count). The highest BCUT2D eigenvalue weighted by atomic mass is 16.5. The summed E-state index contributed by atoms with van der Waals surface area (Å²) < 4.78 is 8.97. The van der Waals surface area contributed by atoms with Crippen LogP contribution in [0.4, 0.5) is 0 Å². The summed E-state index contributed by atoms with van der Waals surface area (Å²) in [5.74, 6) is 0.425. The van der Waals surface area contributed by atoms with Crippen molar-refractivity contribution in [2.45, 2.75) is 84.9 Å². The van der Waals surface area contributed by atoms with E-state index in [1.54, 1.807) is 4.68 Å². The first-order valence-electron chi connectivity index (χ1n) is 12.4. The van der Waals surface area contributed by atoms with Crippen molar-refractivity contribution in [3.8, 4) is 5.75 Å². The maximum Gasteiger partial charge on any atom is 0.347 e. The van der Waals surface area contributed by atoms with E-state index in [0.717, 1.165) is 49.9 Å². The van der Waals surface area contributed by atoms with Crippen molar-refractivity contribution in [1.29, 1.82) is 0 Å². The van der Waals surface area contributed by atoms with Crippen LogP contribution in [0.5, 0.6) is 5.75 Å². The van der Waals surface area contributed by atoms with E-state index >= 15 is 0 Å². The predicted octanol–water partition coefficient (Wildman–Crippen LogP) is 5.01. The molecule has 0 spiro atoms. The number of aromatic nitrogens is 3. The molecule has 2 aromatic carbocycles. The summed E-state index contributed by atoms with van der Waals surface area (Å²) in [6.07, 6.45) is 5.66. The van der Waals surface area contributed by atoms with Gasteiger partial charge in [-0.1, -0.05) is 55.3 Å². The lowest BCUT2D eigenvalue weighted by Crippen LogP contribution is -2.37. The molecule has 0 saturated carbocycles. The molecule has 1 heterocycles. The third kappa shape index (κ3) is 7.31. The second kappa shape index (κ2) is 11.9. The van der Waals surface area contributed by atoms with Gasteiger partial charge in [-0.3, -0.25) is 4.57 Å². The number of carboxylic acid groups (broad SMARTS) is 1. The molecule has 35 heavy (non-hydrogen) atoms. The van der Waals surface area contributed by atoms with Crippen LogP contribution in [-0.2, 0) is 30.7 Å². The van der Waals surface area contributed by atoms with Gasteiger partial charge in [0.05, 0.1) is 6.54 Å². The van der Waals surface area contributed by atoms with Gasteiger partial charge in [0, 0.05) is 13.0 Å². The zero-order valence-corrected chi connectivity index (χ0v) is 21.3. The van der Waals surface area contributed by atoms with Crippen LogP contribution in [0.25, 0.3) is 0 Å². The number of unbranched alkanes of at least 4 members (excludes halogenated alkanes) is 2. The van der Waals surface area contributed by atoms with Crippen molar-refractivity contribution >= 4 is 5.97 Å². The van der Waals surface area contributed by atoms with Crippen LogP contribution in [-0.4, -0.2) is 31.0 Å². The molecule has 0 aliphatic carbocycles. The number of ether oxygens (including phenoxy) is 1. The normalized spacial score (nSPS) is 11.5. The second-order valence-electron chi connectivity index (χ2n) is 9.62. The highest BCUT2D eigenvalue weighted by Gasteiger charge is 2.29. The van der Waals surface area contributed by atoms with Crippen molar-refractivity contribution < 1.29 is 14.6 Å². The number of rotatable bonds is 13. The van der Waals surface area contributed by atoms with Crippen molar-refractivity contribution in [1.82, 2.24) is 14.3 Å². The fourth-order valence-corrected chi connectivity index (χ4v) is 3.94. The molecule has 3 aromatic rings. The van der Waals surface area contributed by atoms with Crippen molar-refractivity contribution in [2.75, 3.05) is 0 Å². The molecule has 0 saturated heterocycles. The molecule has 0 fully saturated rings. The van der Waals surface area contributed by atoms with Crippen molar-refractivity contribution in [3.05, 3.63) is 81.5 Å². The maximum atomic E-state index is 12.9. The van der Waals surface area contributed by atoms with Crippen LogP contribution in [0.3, 0.4) is 0 Å². The van der Waals surface area contributed by atoms with E-state index in [9.17, 15) is 14.7 Å². The van der Waals surface area contributed by atoms with E-state index in [1.807, 2.05) is 41.0 Å². The van der Waals surface area contributed by atoms with E-state index in [1.165, 1.54) is 25.0 Å². The van der Waals surface area contributed by atoms with Gasteiger partial charge in [0.15, 0.2) is 5.60 Å². The molecule has 0 unspecified atom stereocenters. The quantitative estimate of drug-likeness (QED) is 0.348. The molecule has 0 aliphatic rings. The molecule has 188 valence electrons. The zero-order valence-electron chi connectivity index (χ0n) is 21.3. The van der Waals surface area contributed by atoms with Gasteiger partial charge in [0.25, 0.3) is 0 Å². The second-order valence-corrected chi connectivity index (χ2v) is 9.62. The lowest BCUT2D eigenvalue weighted by Gasteiger charge is -2.21. The van der Waals surface area contributed by atoms with E-state index in [2.05, 4.69) is 31.1 Å². The monoisotopic (exact) mass is 479 g/mol. The first-order valence-corrected chi connectivity index (χ1v) is 12.4. The number of aryl methyl sites for hydroxylation is 3. The van der Waals surface area contributed by atoms with Gasteiger partial charge in [-0.05, 0) is 69.7 Å². The number of benzene rings is 2. The zero-order chi connectivity index (χ0) is 25.4. The van der Waals surface area contributed by atoms with Gasteiger partial charge in [0.2, 0.25) is 0 Å². The smallest absolute Gasteiger partial charge is 0.347 e. The molecule has 0 aliphatic heterocycles. The number of carboxylic acids is 1. The Morgan fingerprint density at radius 2 is 1.60 bits per heavy atom. The number of hydrogen-bond acceptors (Lipinski definition) is 4. The molecular formula is C28H37N3O4.